The molecular formula is C16H15N3O2. The third-order valence-corrected chi connectivity index (χ3v) is 3.52. The van der Waals surface area contributed by atoms with Gasteiger partial charge in [0.1, 0.15) is 6.07 Å². The average molecular weight is 281 g/mol. The summed E-state index contributed by atoms with van der Waals surface area (Å²) in [6.07, 6.45) is 0. The van der Waals surface area contributed by atoms with Gasteiger partial charge in [0.15, 0.2) is 0 Å². The van der Waals surface area contributed by atoms with Crippen molar-refractivity contribution >= 4 is 11.4 Å². The van der Waals surface area contributed by atoms with Gasteiger partial charge in [0.05, 0.1) is 16.2 Å². The van der Waals surface area contributed by atoms with Crippen molar-refractivity contribution in [3.05, 3.63) is 68.8 Å². The molecular weight excluding hydrogens is 266 g/mol. The number of nitrogens with zero attached hydrogens (tertiary/aromatic N) is 2. The van der Waals surface area contributed by atoms with E-state index in [1.807, 2.05) is 38.1 Å². The standard InChI is InChI=1S/C16H15N3O2/c1-11-4-3-5-13(12(11)2)10-18-16-7-6-15(19(20)21)8-14(16)9-17/h3-8,18H,10H2,1-2H3. The predicted molar refractivity (Wildman–Crippen MR) is 81.1 cm³/mol. The molecule has 0 aliphatic heterocycles. The Bertz CT molecular complexity index is 733. The average Bonchev–Trinajstić information content (AvgIpc) is 2.48. The van der Waals surface area contributed by atoms with Crippen molar-refractivity contribution in [1.82, 2.24) is 0 Å². The number of rotatable bonds is 4. The van der Waals surface area contributed by atoms with Crippen LogP contribution in [-0.4, -0.2) is 4.92 Å². The lowest BCUT2D eigenvalue weighted by molar-refractivity contribution is -0.384. The van der Waals surface area contributed by atoms with Gasteiger partial charge in [-0.3, -0.25) is 10.1 Å². The molecule has 0 unspecified atom stereocenters. The van der Waals surface area contributed by atoms with E-state index in [2.05, 4.69) is 5.32 Å². The van der Waals surface area contributed by atoms with E-state index in [0.29, 0.717) is 12.2 Å². The van der Waals surface area contributed by atoms with Gasteiger partial charge in [0, 0.05) is 18.7 Å². The molecule has 106 valence electrons. The number of nitro benzene ring substituents is 1. The first-order chi connectivity index (χ1) is 10.0. The molecule has 5 heteroatoms. The first-order valence-corrected chi connectivity index (χ1v) is 6.50. The van der Waals surface area contributed by atoms with Crippen molar-refractivity contribution in [2.75, 3.05) is 5.32 Å². The number of non-ortho nitro benzene ring substituents is 1. The maximum absolute atomic E-state index is 10.7. The second kappa shape index (κ2) is 6.06. The Morgan fingerprint density at radius 3 is 2.71 bits per heavy atom. The summed E-state index contributed by atoms with van der Waals surface area (Å²) in [4.78, 5) is 10.2. The maximum atomic E-state index is 10.7. The monoisotopic (exact) mass is 281 g/mol. The molecule has 0 aromatic heterocycles. The quantitative estimate of drug-likeness (QED) is 0.684. The van der Waals surface area contributed by atoms with Crippen LogP contribution in [0.2, 0.25) is 0 Å². The Hall–Kier alpha value is -2.87. The Labute approximate surface area is 123 Å². The highest BCUT2D eigenvalue weighted by Crippen LogP contribution is 2.22. The van der Waals surface area contributed by atoms with E-state index in [1.165, 1.54) is 23.3 Å². The molecule has 0 fully saturated rings. The third-order valence-electron chi connectivity index (χ3n) is 3.52. The van der Waals surface area contributed by atoms with E-state index in [4.69, 9.17) is 5.26 Å². The summed E-state index contributed by atoms with van der Waals surface area (Å²) < 4.78 is 0. The molecule has 21 heavy (non-hydrogen) atoms. The number of hydrogen-bond acceptors (Lipinski definition) is 4. The zero-order valence-electron chi connectivity index (χ0n) is 11.9. The molecule has 0 saturated heterocycles. The minimum atomic E-state index is -0.505. The third kappa shape index (κ3) is 3.18. The molecule has 0 heterocycles. The van der Waals surface area contributed by atoms with Crippen LogP contribution < -0.4 is 5.32 Å². The van der Waals surface area contributed by atoms with Crippen molar-refractivity contribution in [1.29, 1.82) is 5.26 Å². The molecule has 0 atom stereocenters. The van der Waals surface area contributed by atoms with E-state index in [9.17, 15) is 10.1 Å². The molecule has 0 amide bonds. The zero-order valence-corrected chi connectivity index (χ0v) is 11.9. The maximum Gasteiger partial charge on any atom is 0.270 e. The molecule has 0 aliphatic carbocycles. The van der Waals surface area contributed by atoms with Gasteiger partial charge >= 0.3 is 0 Å². The van der Waals surface area contributed by atoms with Gasteiger partial charge in [0.25, 0.3) is 5.69 Å². The Morgan fingerprint density at radius 1 is 1.29 bits per heavy atom. The number of nitriles is 1. The summed E-state index contributed by atoms with van der Waals surface area (Å²) in [5.74, 6) is 0. The van der Waals surface area contributed by atoms with Crippen LogP contribution in [0.1, 0.15) is 22.3 Å². The molecule has 0 bridgehead atoms. The Balaban J connectivity index is 2.22. The lowest BCUT2D eigenvalue weighted by atomic mass is 10.0. The fourth-order valence-corrected chi connectivity index (χ4v) is 2.09. The van der Waals surface area contributed by atoms with Crippen molar-refractivity contribution in [2.45, 2.75) is 20.4 Å². The van der Waals surface area contributed by atoms with Gasteiger partial charge in [-0.1, -0.05) is 18.2 Å². The largest absolute Gasteiger partial charge is 0.380 e. The molecule has 5 nitrogen and oxygen atoms in total. The minimum Gasteiger partial charge on any atom is -0.380 e. The van der Waals surface area contributed by atoms with E-state index in [-0.39, 0.29) is 11.3 Å². The van der Waals surface area contributed by atoms with Crippen LogP contribution in [-0.2, 0) is 6.54 Å². The highest BCUT2D eigenvalue weighted by Gasteiger charge is 2.10. The van der Waals surface area contributed by atoms with Gasteiger partial charge < -0.3 is 5.32 Å². The molecule has 2 aromatic carbocycles. The first-order valence-electron chi connectivity index (χ1n) is 6.50. The van der Waals surface area contributed by atoms with Gasteiger partial charge in [-0.2, -0.15) is 5.26 Å². The van der Waals surface area contributed by atoms with E-state index in [1.54, 1.807) is 6.07 Å². The van der Waals surface area contributed by atoms with Crippen molar-refractivity contribution < 1.29 is 4.92 Å². The molecule has 2 aromatic rings. The van der Waals surface area contributed by atoms with Crippen molar-refractivity contribution in [3.63, 3.8) is 0 Å². The summed E-state index contributed by atoms with van der Waals surface area (Å²) in [6, 6.07) is 12.3. The van der Waals surface area contributed by atoms with Crippen LogP contribution in [0.15, 0.2) is 36.4 Å². The van der Waals surface area contributed by atoms with Crippen LogP contribution in [0, 0.1) is 35.3 Å². The number of aryl methyl sites for hydroxylation is 1. The minimum absolute atomic E-state index is 0.0798. The topological polar surface area (TPSA) is 79.0 Å². The summed E-state index contributed by atoms with van der Waals surface area (Å²) in [5.41, 5.74) is 4.34. The van der Waals surface area contributed by atoms with Gasteiger partial charge in [-0.25, -0.2) is 0 Å². The zero-order chi connectivity index (χ0) is 15.4. The normalized spacial score (nSPS) is 9.95. The van der Waals surface area contributed by atoms with Crippen LogP contribution in [0.5, 0.6) is 0 Å². The lowest BCUT2D eigenvalue weighted by Crippen LogP contribution is -2.04. The van der Waals surface area contributed by atoms with E-state index >= 15 is 0 Å². The number of benzene rings is 2. The van der Waals surface area contributed by atoms with Crippen LogP contribution >= 0.6 is 0 Å². The number of nitrogens with one attached hydrogen (secondary N) is 1. The van der Waals surface area contributed by atoms with Gasteiger partial charge in [-0.15, -0.1) is 0 Å². The first kappa shape index (κ1) is 14.5. The van der Waals surface area contributed by atoms with Gasteiger partial charge in [0.2, 0.25) is 0 Å². The smallest absolute Gasteiger partial charge is 0.270 e. The second-order valence-corrected chi connectivity index (χ2v) is 4.81. The molecule has 1 N–H and O–H groups in total. The SMILES string of the molecule is Cc1cccc(CNc2ccc([N+](=O)[O-])cc2C#N)c1C. The molecule has 0 aliphatic rings. The highest BCUT2D eigenvalue weighted by molar-refractivity contribution is 5.61. The van der Waals surface area contributed by atoms with Crippen LogP contribution in [0.25, 0.3) is 0 Å². The summed E-state index contributed by atoms with van der Waals surface area (Å²) in [5, 5.41) is 23.0. The van der Waals surface area contributed by atoms with Crippen LogP contribution in [0.4, 0.5) is 11.4 Å². The molecule has 0 saturated carbocycles. The van der Waals surface area contributed by atoms with Gasteiger partial charge in [-0.05, 0) is 36.6 Å². The lowest BCUT2D eigenvalue weighted by Gasteiger charge is -2.11. The van der Waals surface area contributed by atoms with E-state index < -0.39 is 4.92 Å². The van der Waals surface area contributed by atoms with E-state index in [0.717, 1.165) is 5.56 Å². The predicted octanol–water partition coefficient (Wildman–Crippen LogP) is 3.70. The Kier molecular flexibility index (Phi) is 4.19. The second-order valence-electron chi connectivity index (χ2n) is 4.81. The fraction of sp³-hybridized carbons (Fsp3) is 0.188. The Morgan fingerprint density at radius 2 is 2.05 bits per heavy atom. The van der Waals surface area contributed by atoms with Crippen molar-refractivity contribution in [2.24, 2.45) is 0 Å². The molecule has 2 rings (SSSR count). The number of hydrogen-bond donors (Lipinski definition) is 1. The molecule has 0 spiro atoms. The summed E-state index contributed by atoms with van der Waals surface area (Å²) in [6.45, 7) is 4.67. The number of anilines is 1. The fourth-order valence-electron chi connectivity index (χ4n) is 2.09. The summed E-state index contributed by atoms with van der Waals surface area (Å²) >= 11 is 0. The molecule has 0 radical (unpaired) electrons. The summed E-state index contributed by atoms with van der Waals surface area (Å²) in [7, 11) is 0. The highest BCUT2D eigenvalue weighted by atomic mass is 16.6. The van der Waals surface area contributed by atoms with Crippen LogP contribution in [0.3, 0.4) is 0 Å². The van der Waals surface area contributed by atoms with Crippen molar-refractivity contribution in [3.8, 4) is 6.07 Å². The number of nitro groups is 1.